The van der Waals surface area contributed by atoms with E-state index in [1.807, 2.05) is 32.0 Å². The van der Waals surface area contributed by atoms with Crippen LogP contribution < -0.4 is 11.3 Å². The van der Waals surface area contributed by atoms with E-state index in [9.17, 15) is 0 Å². The van der Waals surface area contributed by atoms with Crippen molar-refractivity contribution in [3.63, 3.8) is 0 Å². The third kappa shape index (κ3) is 3.10. The summed E-state index contributed by atoms with van der Waals surface area (Å²) in [6, 6.07) is 7.25. The first-order valence-corrected chi connectivity index (χ1v) is 7.06. The second kappa shape index (κ2) is 6.50. The second-order valence-corrected chi connectivity index (χ2v) is 5.33. The molecule has 2 aromatic rings. The molecular weight excluding hydrogens is 295 g/mol. The van der Waals surface area contributed by atoms with E-state index in [-0.39, 0.29) is 6.04 Å². The van der Waals surface area contributed by atoms with Crippen LogP contribution in [0.2, 0.25) is 10.0 Å². The zero-order chi connectivity index (χ0) is 14.7. The fourth-order valence-corrected chi connectivity index (χ4v) is 2.42. The molecule has 0 amide bonds. The van der Waals surface area contributed by atoms with Crippen molar-refractivity contribution in [2.24, 2.45) is 5.84 Å². The maximum Gasteiger partial charge on any atom is 0.0729 e. The molecule has 1 unspecified atom stereocenters. The van der Waals surface area contributed by atoms with Crippen LogP contribution >= 0.6 is 23.2 Å². The number of aryl methyl sites for hydroxylation is 2. The minimum absolute atomic E-state index is 0.200. The highest BCUT2D eigenvalue weighted by Gasteiger charge is 2.18. The molecule has 0 fully saturated rings. The van der Waals surface area contributed by atoms with Crippen LogP contribution in [0.25, 0.3) is 0 Å². The van der Waals surface area contributed by atoms with Gasteiger partial charge in [0.15, 0.2) is 0 Å². The van der Waals surface area contributed by atoms with E-state index in [2.05, 4.69) is 15.6 Å². The quantitative estimate of drug-likeness (QED) is 0.672. The second-order valence-electron chi connectivity index (χ2n) is 4.51. The molecule has 0 radical (unpaired) electrons. The van der Waals surface area contributed by atoms with Crippen LogP contribution in [0.3, 0.4) is 0 Å². The molecule has 0 saturated carbocycles. The van der Waals surface area contributed by atoms with Gasteiger partial charge in [-0.1, -0.05) is 36.2 Å². The van der Waals surface area contributed by atoms with Gasteiger partial charge in [-0.15, -0.1) is 0 Å². The van der Waals surface area contributed by atoms with Crippen LogP contribution in [-0.4, -0.2) is 10.2 Å². The number of nitrogens with one attached hydrogen (secondary N) is 1. The highest BCUT2D eigenvalue weighted by atomic mass is 35.5. The minimum atomic E-state index is -0.200. The van der Waals surface area contributed by atoms with Gasteiger partial charge in [0.1, 0.15) is 0 Å². The van der Waals surface area contributed by atoms with Gasteiger partial charge in [0.2, 0.25) is 0 Å². The number of hydrazine groups is 1. The first-order chi connectivity index (χ1) is 9.56. The van der Waals surface area contributed by atoms with Gasteiger partial charge in [0, 0.05) is 5.56 Å². The molecule has 1 atom stereocenters. The lowest BCUT2D eigenvalue weighted by molar-refractivity contribution is 0.622. The maximum atomic E-state index is 6.08. The standard InChI is InChI=1S/C14H16Cl2N4/c1-3-13-10(6-8(2)19-20-13)14(18-17)9-4-5-11(15)12(16)7-9/h4-7,14,18H,3,17H2,1-2H3. The van der Waals surface area contributed by atoms with Crippen molar-refractivity contribution in [2.45, 2.75) is 26.3 Å². The van der Waals surface area contributed by atoms with Crippen LogP contribution in [0.15, 0.2) is 24.3 Å². The van der Waals surface area contributed by atoms with Crippen LogP contribution in [0.4, 0.5) is 0 Å². The van der Waals surface area contributed by atoms with Crippen molar-refractivity contribution in [2.75, 3.05) is 0 Å². The summed E-state index contributed by atoms with van der Waals surface area (Å²) in [5.41, 5.74) is 6.50. The number of nitrogens with two attached hydrogens (primary N) is 1. The summed E-state index contributed by atoms with van der Waals surface area (Å²) in [6.07, 6.45) is 0.780. The van der Waals surface area contributed by atoms with E-state index in [4.69, 9.17) is 29.0 Å². The molecule has 0 aliphatic heterocycles. The molecule has 0 bridgehead atoms. The summed E-state index contributed by atoms with van der Waals surface area (Å²) in [7, 11) is 0. The molecule has 3 N–H and O–H groups in total. The molecule has 1 aromatic heterocycles. The van der Waals surface area contributed by atoms with Crippen LogP contribution in [-0.2, 0) is 6.42 Å². The number of nitrogens with zero attached hydrogens (tertiary/aromatic N) is 2. The average molecular weight is 311 g/mol. The van der Waals surface area contributed by atoms with E-state index in [0.29, 0.717) is 10.0 Å². The largest absolute Gasteiger partial charge is 0.271 e. The van der Waals surface area contributed by atoms with Crippen molar-refractivity contribution in [1.29, 1.82) is 0 Å². The number of aromatic nitrogens is 2. The molecule has 1 heterocycles. The fraction of sp³-hybridized carbons (Fsp3) is 0.286. The topological polar surface area (TPSA) is 63.8 Å². The molecule has 0 aliphatic rings. The highest BCUT2D eigenvalue weighted by Crippen LogP contribution is 2.29. The van der Waals surface area contributed by atoms with E-state index in [1.54, 1.807) is 6.07 Å². The zero-order valence-corrected chi connectivity index (χ0v) is 12.8. The summed E-state index contributed by atoms with van der Waals surface area (Å²) in [5.74, 6) is 5.72. The fourth-order valence-electron chi connectivity index (χ4n) is 2.12. The van der Waals surface area contributed by atoms with E-state index in [0.717, 1.165) is 28.9 Å². The summed E-state index contributed by atoms with van der Waals surface area (Å²) < 4.78 is 0. The van der Waals surface area contributed by atoms with Gasteiger partial charge in [0.05, 0.1) is 27.5 Å². The molecule has 6 heteroatoms. The van der Waals surface area contributed by atoms with Crippen molar-refractivity contribution < 1.29 is 0 Å². The van der Waals surface area contributed by atoms with Crippen molar-refractivity contribution in [3.05, 3.63) is 56.8 Å². The van der Waals surface area contributed by atoms with Crippen molar-refractivity contribution in [1.82, 2.24) is 15.6 Å². The molecule has 1 aromatic carbocycles. The summed E-state index contributed by atoms with van der Waals surface area (Å²) in [6.45, 7) is 3.93. The third-order valence-electron chi connectivity index (χ3n) is 3.12. The zero-order valence-electron chi connectivity index (χ0n) is 11.3. The third-order valence-corrected chi connectivity index (χ3v) is 3.85. The first kappa shape index (κ1) is 15.2. The van der Waals surface area contributed by atoms with Crippen molar-refractivity contribution >= 4 is 23.2 Å². The van der Waals surface area contributed by atoms with E-state index in [1.165, 1.54) is 0 Å². The molecule has 2 rings (SSSR count). The summed E-state index contributed by atoms with van der Waals surface area (Å²) in [5, 5.41) is 9.33. The monoisotopic (exact) mass is 310 g/mol. The Labute approximate surface area is 128 Å². The average Bonchev–Trinajstić information content (AvgIpc) is 2.44. The molecule has 106 valence electrons. The first-order valence-electron chi connectivity index (χ1n) is 6.31. The van der Waals surface area contributed by atoms with Crippen LogP contribution in [0.1, 0.15) is 35.5 Å². The Morgan fingerprint density at radius 3 is 2.55 bits per heavy atom. The summed E-state index contributed by atoms with van der Waals surface area (Å²) in [4.78, 5) is 0. The Balaban J connectivity index is 2.51. The SMILES string of the molecule is CCc1nnc(C)cc1C(NN)c1ccc(Cl)c(Cl)c1. The van der Waals surface area contributed by atoms with Gasteiger partial charge in [-0.25, -0.2) is 5.43 Å². The predicted molar refractivity (Wildman–Crippen MR) is 81.8 cm³/mol. The number of hydrogen-bond acceptors (Lipinski definition) is 4. The molecule has 0 aliphatic carbocycles. The van der Waals surface area contributed by atoms with Gasteiger partial charge in [-0.05, 0) is 37.1 Å². The molecule has 0 spiro atoms. The smallest absolute Gasteiger partial charge is 0.0729 e. The molecule has 4 nitrogen and oxygen atoms in total. The Kier molecular flexibility index (Phi) is 4.94. The number of hydrogen-bond donors (Lipinski definition) is 2. The van der Waals surface area contributed by atoms with Gasteiger partial charge in [-0.3, -0.25) is 5.84 Å². The Morgan fingerprint density at radius 2 is 1.95 bits per heavy atom. The Morgan fingerprint density at radius 1 is 1.20 bits per heavy atom. The normalized spacial score (nSPS) is 12.4. The maximum absolute atomic E-state index is 6.08. The van der Waals surface area contributed by atoms with Gasteiger partial charge >= 0.3 is 0 Å². The van der Waals surface area contributed by atoms with Gasteiger partial charge < -0.3 is 0 Å². The summed E-state index contributed by atoms with van der Waals surface area (Å²) >= 11 is 12.0. The minimum Gasteiger partial charge on any atom is -0.271 e. The van der Waals surface area contributed by atoms with Crippen molar-refractivity contribution in [3.8, 4) is 0 Å². The predicted octanol–water partition coefficient (Wildman–Crippen LogP) is 3.21. The number of halogens is 2. The molecule has 0 saturated heterocycles. The lowest BCUT2D eigenvalue weighted by atomic mass is 9.97. The van der Waals surface area contributed by atoms with Gasteiger partial charge in [0.25, 0.3) is 0 Å². The highest BCUT2D eigenvalue weighted by molar-refractivity contribution is 6.42. The molecular formula is C14H16Cl2N4. The van der Waals surface area contributed by atoms with Crippen LogP contribution in [0, 0.1) is 6.92 Å². The Bertz CT molecular complexity index is 616. The lowest BCUT2D eigenvalue weighted by Crippen LogP contribution is -2.30. The van der Waals surface area contributed by atoms with Crippen LogP contribution in [0.5, 0.6) is 0 Å². The lowest BCUT2D eigenvalue weighted by Gasteiger charge is -2.19. The van der Waals surface area contributed by atoms with Gasteiger partial charge in [-0.2, -0.15) is 10.2 Å². The van der Waals surface area contributed by atoms with E-state index >= 15 is 0 Å². The molecule has 20 heavy (non-hydrogen) atoms. The number of rotatable bonds is 4. The number of benzene rings is 1. The van der Waals surface area contributed by atoms with E-state index < -0.39 is 0 Å². The Hall–Kier alpha value is -1.20.